The lowest BCUT2D eigenvalue weighted by molar-refractivity contribution is 0.0746. The van der Waals surface area contributed by atoms with Gasteiger partial charge >= 0.3 is 16.1 Å². The first-order valence-corrected chi connectivity index (χ1v) is 13.0. The number of anilines is 1. The summed E-state index contributed by atoms with van der Waals surface area (Å²) in [6.07, 6.45) is 1.42. The summed E-state index contributed by atoms with van der Waals surface area (Å²) in [5, 5.41) is 6.76. The summed E-state index contributed by atoms with van der Waals surface area (Å²) in [6, 6.07) is 3.35. The maximum absolute atomic E-state index is 15.4. The summed E-state index contributed by atoms with van der Waals surface area (Å²) in [5.41, 5.74) is -2.24. The molecule has 15 heteroatoms. The SMILES string of the molecule is CO/N=C1\CN(c2nc3c(cc2F)c(=O)c(C(=O)OS(C)(=O)=O)cn3-c2ccc(F)cc2F)CC12CNC2. The van der Waals surface area contributed by atoms with Gasteiger partial charge < -0.3 is 19.2 Å². The highest BCUT2D eigenvalue weighted by atomic mass is 32.2. The predicted molar refractivity (Wildman–Crippen MR) is 129 cm³/mol. The van der Waals surface area contributed by atoms with Gasteiger partial charge in [0, 0.05) is 31.9 Å². The van der Waals surface area contributed by atoms with Crippen LogP contribution in [0.5, 0.6) is 0 Å². The molecule has 0 aliphatic carbocycles. The van der Waals surface area contributed by atoms with Crippen molar-refractivity contribution in [3.05, 3.63) is 63.7 Å². The number of rotatable bonds is 5. The van der Waals surface area contributed by atoms with Crippen molar-refractivity contribution < 1.29 is 35.4 Å². The Morgan fingerprint density at radius 2 is 1.92 bits per heavy atom. The van der Waals surface area contributed by atoms with E-state index in [4.69, 9.17) is 4.84 Å². The molecule has 0 atom stereocenters. The lowest BCUT2D eigenvalue weighted by Crippen LogP contribution is -2.58. The van der Waals surface area contributed by atoms with E-state index in [1.807, 2.05) is 0 Å². The van der Waals surface area contributed by atoms with Gasteiger partial charge in [0.05, 0.1) is 35.0 Å². The molecule has 1 N–H and O–H groups in total. The van der Waals surface area contributed by atoms with Gasteiger partial charge in [-0.25, -0.2) is 22.9 Å². The van der Waals surface area contributed by atoms with Crippen LogP contribution in [-0.4, -0.2) is 69.2 Å². The molecule has 0 amide bonds. The van der Waals surface area contributed by atoms with Crippen molar-refractivity contribution in [1.29, 1.82) is 0 Å². The third kappa shape index (κ3) is 4.36. The smallest absolute Gasteiger partial charge is 0.359 e. The summed E-state index contributed by atoms with van der Waals surface area (Å²) in [7, 11) is -2.93. The quantitative estimate of drug-likeness (QED) is 0.369. The number of hydrogen-bond acceptors (Lipinski definition) is 10. The average Bonchev–Trinajstić information content (AvgIpc) is 3.19. The average molecular weight is 552 g/mol. The fraction of sp³-hybridized carbons (Fsp3) is 0.304. The highest BCUT2D eigenvalue weighted by molar-refractivity contribution is 7.86. The van der Waals surface area contributed by atoms with Crippen LogP contribution < -0.4 is 15.6 Å². The highest BCUT2D eigenvalue weighted by Crippen LogP contribution is 2.36. The monoisotopic (exact) mass is 551 g/mol. The van der Waals surface area contributed by atoms with Gasteiger partial charge in [0.15, 0.2) is 17.3 Å². The zero-order valence-corrected chi connectivity index (χ0v) is 20.8. The van der Waals surface area contributed by atoms with Crippen LogP contribution in [0.15, 0.2) is 40.4 Å². The number of nitrogens with zero attached hydrogens (tertiary/aromatic N) is 4. The molecular formula is C23H20F3N5O6S. The number of hydrogen-bond donors (Lipinski definition) is 1. The largest absolute Gasteiger partial charge is 0.399 e. The number of halogens is 3. The minimum Gasteiger partial charge on any atom is -0.399 e. The number of nitrogens with one attached hydrogen (secondary N) is 1. The Kier molecular flexibility index (Phi) is 6.14. The van der Waals surface area contributed by atoms with E-state index in [9.17, 15) is 26.8 Å². The summed E-state index contributed by atoms with van der Waals surface area (Å²) >= 11 is 0. The molecule has 4 heterocycles. The van der Waals surface area contributed by atoms with Gasteiger partial charge in [-0.15, -0.1) is 0 Å². The van der Waals surface area contributed by atoms with Crippen LogP contribution in [0.25, 0.3) is 16.7 Å². The summed E-state index contributed by atoms with van der Waals surface area (Å²) < 4.78 is 72.1. The number of pyridine rings is 2. The van der Waals surface area contributed by atoms with Gasteiger partial charge in [0.2, 0.25) is 5.43 Å². The van der Waals surface area contributed by atoms with Crippen molar-refractivity contribution >= 4 is 38.7 Å². The van der Waals surface area contributed by atoms with Crippen molar-refractivity contribution in [2.75, 3.05) is 44.4 Å². The van der Waals surface area contributed by atoms with E-state index in [1.165, 1.54) is 7.11 Å². The first-order valence-electron chi connectivity index (χ1n) is 11.1. The number of benzene rings is 1. The second-order valence-corrected chi connectivity index (χ2v) is 10.6. The predicted octanol–water partition coefficient (Wildman–Crippen LogP) is 1.33. The lowest BCUT2D eigenvalue weighted by Gasteiger charge is -2.38. The van der Waals surface area contributed by atoms with Gasteiger partial charge in [-0.2, -0.15) is 8.42 Å². The fourth-order valence-electron chi connectivity index (χ4n) is 4.61. The number of carbonyl (C=O) groups excluding carboxylic acids is 1. The van der Waals surface area contributed by atoms with Gasteiger partial charge in [-0.1, -0.05) is 5.16 Å². The van der Waals surface area contributed by atoms with Gasteiger partial charge in [-0.3, -0.25) is 9.36 Å². The Balaban J connectivity index is 1.73. The molecule has 1 spiro atoms. The molecule has 2 aliphatic heterocycles. The number of oxime groups is 1. The van der Waals surface area contributed by atoms with E-state index >= 15 is 4.39 Å². The van der Waals surface area contributed by atoms with Crippen molar-refractivity contribution in [1.82, 2.24) is 14.9 Å². The van der Waals surface area contributed by atoms with Crippen LogP contribution in [0.2, 0.25) is 0 Å². The van der Waals surface area contributed by atoms with Gasteiger partial charge in [0.25, 0.3) is 0 Å². The van der Waals surface area contributed by atoms with Crippen LogP contribution in [0, 0.1) is 22.9 Å². The van der Waals surface area contributed by atoms with Crippen molar-refractivity contribution in [3.63, 3.8) is 0 Å². The molecule has 3 aromatic rings. The molecule has 0 bridgehead atoms. The molecule has 2 aliphatic rings. The third-order valence-corrected chi connectivity index (χ3v) is 6.86. The van der Waals surface area contributed by atoms with Crippen molar-refractivity contribution in [2.24, 2.45) is 10.6 Å². The zero-order valence-electron chi connectivity index (χ0n) is 20.0. The number of fused-ring (bicyclic) bond motifs is 1. The second-order valence-electron chi connectivity index (χ2n) is 9.04. The first-order chi connectivity index (χ1) is 17.9. The molecule has 2 aromatic heterocycles. The van der Waals surface area contributed by atoms with Gasteiger partial charge in [0.1, 0.15) is 24.3 Å². The minimum absolute atomic E-state index is 0.166. The summed E-state index contributed by atoms with van der Waals surface area (Å²) in [5.74, 6) is -4.63. The number of carbonyl (C=O) groups is 1. The van der Waals surface area contributed by atoms with Crippen LogP contribution in [-0.2, 0) is 19.1 Å². The fourth-order valence-corrected chi connectivity index (χ4v) is 4.98. The summed E-state index contributed by atoms with van der Waals surface area (Å²) in [4.78, 5) is 36.5. The maximum Gasteiger partial charge on any atom is 0.359 e. The molecule has 0 unspecified atom stereocenters. The molecule has 1 aromatic carbocycles. The zero-order chi connectivity index (χ0) is 27.4. The molecule has 38 heavy (non-hydrogen) atoms. The Bertz CT molecular complexity index is 1690. The molecule has 0 saturated carbocycles. The lowest BCUT2D eigenvalue weighted by atomic mass is 9.79. The topological polar surface area (TPSA) is 132 Å². The van der Waals surface area contributed by atoms with E-state index in [2.05, 4.69) is 19.6 Å². The summed E-state index contributed by atoms with van der Waals surface area (Å²) in [6.45, 7) is 1.65. The van der Waals surface area contributed by atoms with Crippen LogP contribution in [0.1, 0.15) is 10.4 Å². The molecule has 200 valence electrons. The van der Waals surface area contributed by atoms with E-state index in [1.54, 1.807) is 4.90 Å². The molecule has 11 nitrogen and oxygen atoms in total. The van der Waals surface area contributed by atoms with Crippen molar-refractivity contribution in [3.8, 4) is 5.69 Å². The van der Waals surface area contributed by atoms with E-state index in [0.29, 0.717) is 37.7 Å². The highest BCUT2D eigenvalue weighted by Gasteiger charge is 2.50. The third-order valence-electron chi connectivity index (χ3n) is 6.40. The molecule has 5 rings (SSSR count). The van der Waals surface area contributed by atoms with Crippen LogP contribution in [0.3, 0.4) is 0 Å². The van der Waals surface area contributed by atoms with Crippen LogP contribution in [0.4, 0.5) is 19.0 Å². The molecule has 2 saturated heterocycles. The minimum atomic E-state index is -4.32. The van der Waals surface area contributed by atoms with Gasteiger partial charge in [-0.05, 0) is 18.2 Å². The molecule has 0 radical (unpaired) electrons. The molecular weight excluding hydrogens is 531 g/mol. The Morgan fingerprint density at radius 1 is 1.18 bits per heavy atom. The van der Waals surface area contributed by atoms with E-state index in [0.717, 1.165) is 29.0 Å². The standard InChI is InChI=1S/C23H20F3N5O6S/c1-36-29-18-8-30(11-23(18)9-27-10-23)21-16(26)6-13-19(32)14(22(33)37-38(2,34)35)7-31(20(13)28-21)17-4-3-12(24)5-15(17)25/h3-7,27H,8-11H2,1-2H3/b29-18+. The first kappa shape index (κ1) is 25.7. The Morgan fingerprint density at radius 3 is 2.53 bits per heavy atom. The van der Waals surface area contributed by atoms with E-state index < -0.39 is 55.3 Å². The second kappa shape index (κ2) is 9.09. The maximum atomic E-state index is 15.4. The Labute approximate surface area is 213 Å². The molecule has 2 fully saturated rings. The Hall–Kier alpha value is -3.98. The normalized spacial score (nSPS) is 17.7. The van der Waals surface area contributed by atoms with Crippen molar-refractivity contribution in [2.45, 2.75) is 0 Å². The number of aromatic nitrogens is 2. The van der Waals surface area contributed by atoms with Crippen LogP contribution >= 0.6 is 0 Å². The van der Waals surface area contributed by atoms with E-state index in [-0.39, 0.29) is 23.7 Å².